The molecule has 23 heavy (non-hydrogen) atoms. The lowest BCUT2D eigenvalue weighted by Crippen LogP contribution is -2.45. The van der Waals surface area contributed by atoms with E-state index in [2.05, 4.69) is 0 Å². The van der Waals surface area contributed by atoms with Crippen LogP contribution in [0.25, 0.3) is 0 Å². The molecule has 0 aliphatic carbocycles. The third-order valence-corrected chi connectivity index (χ3v) is 4.47. The molecule has 2 amide bonds. The van der Waals surface area contributed by atoms with Crippen LogP contribution < -0.4 is 0 Å². The summed E-state index contributed by atoms with van der Waals surface area (Å²) in [6, 6.07) is 0. The van der Waals surface area contributed by atoms with Crippen molar-refractivity contribution in [2.75, 3.05) is 38.2 Å². The summed E-state index contributed by atoms with van der Waals surface area (Å²) in [5, 5.41) is 8.88. The van der Waals surface area contributed by atoms with Gasteiger partial charge < -0.3 is 14.9 Å². The predicted molar refractivity (Wildman–Crippen MR) is 78.0 cm³/mol. The van der Waals surface area contributed by atoms with Crippen molar-refractivity contribution >= 4 is 29.5 Å². The van der Waals surface area contributed by atoms with Gasteiger partial charge in [-0.15, -0.1) is 11.8 Å². The minimum absolute atomic E-state index is 0.219. The van der Waals surface area contributed by atoms with Gasteiger partial charge in [0.25, 0.3) is 0 Å². The highest BCUT2D eigenvalue weighted by molar-refractivity contribution is 8.00. The van der Waals surface area contributed by atoms with E-state index in [1.54, 1.807) is 0 Å². The number of carbonyl (C=O) groups excluding carboxylic acids is 2. The summed E-state index contributed by atoms with van der Waals surface area (Å²) in [5.74, 6) is -3.67. The Kier molecular flexibility index (Phi) is 7.17. The van der Waals surface area contributed by atoms with Crippen molar-refractivity contribution in [3.63, 3.8) is 0 Å². The predicted octanol–water partition coefficient (Wildman–Crippen LogP) is 1.06. The number of hydrogen-bond donors (Lipinski definition) is 1. The van der Waals surface area contributed by atoms with Crippen molar-refractivity contribution in [3.05, 3.63) is 0 Å². The van der Waals surface area contributed by atoms with E-state index in [-0.39, 0.29) is 18.2 Å². The molecule has 1 aliphatic rings. The Hall–Kier alpha value is -1.45. The SMILES string of the molecule is CN(CC(=O)N1CCC(C(=O)O)CC1)C(=O)CSCC(F)(F)F. The Labute approximate surface area is 136 Å². The molecule has 0 spiro atoms. The number of carboxylic acid groups (broad SMARTS) is 1. The molecule has 10 heteroatoms. The summed E-state index contributed by atoms with van der Waals surface area (Å²) in [5.41, 5.74) is 0. The normalized spacial score (nSPS) is 16.3. The number of piperidine rings is 1. The number of aliphatic carboxylic acids is 1. The molecule has 0 aromatic carbocycles. The van der Waals surface area contributed by atoms with Crippen molar-refractivity contribution in [1.29, 1.82) is 0 Å². The summed E-state index contributed by atoms with van der Waals surface area (Å²) in [7, 11) is 1.36. The minimum atomic E-state index is -4.33. The average molecular weight is 356 g/mol. The van der Waals surface area contributed by atoms with E-state index < -0.39 is 29.7 Å². The molecule has 0 saturated carbocycles. The van der Waals surface area contributed by atoms with Crippen LogP contribution in [0.2, 0.25) is 0 Å². The van der Waals surface area contributed by atoms with E-state index in [0.29, 0.717) is 37.7 Å². The topological polar surface area (TPSA) is 77.9 Å². The highest BCUT2D eigenvalue weighted by atomic mass is 32.2. The molecular formula is C13H19F3N2O4S. The summed E-state index contributed by atoms with van der Waals surface area (Å²) < 4.78 is 36.0. The van der Waals surface area contributed by atoms with E-state index in [1.165, 1.54) is 11.9 Å². The fraction of sp³-hybridized carbons (Fsp3) is 0.769. The number of halogens is 3. The van der Waals surface area contributed by atoms with E-state index in [1.807, 2.05) is 0 Å². The lowest BCUT2D eigenvalue weighted by molar-refractivity contribution is -0.146. The summed E-state index contributed by atoms with van der Waals surface area (Å²) >= 11 is 0.456. The van der Waals surface area contributed by atoms with Crippen molar-refractivity contribution < 1.29 is 32.7 Å². The second-order valence-electron chi connectivity index (χ2n) is 5.35. The highest BCUT2D eigenvalue weighted by Crippen LogP contribution is 2.21. The average Bonchev–Trinajstić information content (AvgIpc) is 2.45. The fourth-order valence-corrected chi connectivity index (χ4v) is 2.86. The summed E-state index contributed by atoms with van der Waals surface area (Å²) in [6.45, 7) is 0.393. The van der Waals surface area contributed by atoms with Gasteiger partial charge in [0.05, 0.1) is 24.0 Å². The van der Waals surface area contributed by atoms with Crippen LogP contribution in [0.5, 0.6) is 0 Å². The quantitative estimate of drug-likeness (QED) is 0.770. The second-order valence-corrected chi connectivity index (χ2v) is 6.34. The van der Waals surface area contributed by atoms with Gasteiger partial charge in [-0.2, -0.15) is 13.2 Å². The molecule has 1 rings (SSSR count). The van der Waals surface area contributed by atoms with Gasteiger partial charge in [-0.25, -0.2) is 0 Å². The lowest BCUT2D eigenvalue weighted by atomic mass is 9.97. The molecule has 132 valence electrons. The van der Waals surface area contributed by atoms with Gasteiger partial charge in [-0.3, -0.25) is 14.4 Å². The molecule has 6 nitrogen and oxygen atoms in total. The molecule has 1 heterocycles. The Bertz CT molecular complexity index is 451. The number of thioether (sulfide) groups is 1. The van der Waals surface area contributed by atoms with E-state index in [9.17, 15) is 27.6 Å². The minimum Gasteiger partial charge on any atom is -0.481 e. The van der Waals surface area contributed by atoms with Gasteiger partial charge in [0.2, 0.25) is 11.8 Å². The van der Waals surface area contributed by atoms with Crippen molar-refractivity contribution in [3.8, 4) is 0 Å². The first kappa shape index (κ1) is 19.6. The lowest BCUT2D eigenvalue weighted by Gasteiger charge is -2.31. The number of amides is 2. The largest absolute Gasteiger partial charge is 0.481 e. The zero-order valence-corrected chi connectivity index (χ0v) is 13.5. The van der Waals surface area contributed by atoms with E-state index >= 15 is 0 Å². The molecule has 0 aromatic rings. The monoisotopic (exact) mass is 356 g/mol. The van der Waals surface area contributed by atoms with Crippen LogP contribution in [0.1, 0.15) is 12.8 Å². The highest BCUT2D eigenvalue weighted by Gasteiger charge is 2.29. The molecule has 0 aromatic heterocycles. The van der Waals surface area contributed by atoms with Gasteiger partial charge in [0.1, 0.15) is 0 Å². The number of rotatable bonds is 6. The van der Waals surface area contributed by atoms with Crippen LogP contribution in [0.15, 0.2) is 0 Å². The number of likely N-dealkylation sites (N-methyl/N-ethyl adjacent to an activating group) is 1. The zero-order valence-electron chi connectivity index (χ0n) is 12.6. The van der Waals surface area contributed by atoms with Crippen molar-refractivity contribution in [1.82, 2.24) is 9.80 Å². The molecule has 1 aliphatic heterocycles. The van der Waals surface area contributed by atoms with Crippen LogP contribution in [0, 0.1) is 5.92 Å². The molecule has 1 fully saturated rings. The Morgan fingerprint density at radius 3 is 2.30 bits per heavy atom. The standard InChI is InChI=1S/C13H19F3N2O4S/c1-17(11(20)7-23-8-13(14,15)16)6-10(19)18-4-2-9(3-5-18)12(21)22/h9H,2-8H2,1H3,(H,21,22). The van der Waals surface area contributed by atoms with Crippen LogP contribution in [-0.2, 0) is 14.4 Å². The fourth-order valence-electron chi connectivity index (χ4n) is 2.13. The van der Waals surface area contributed by atoms with Gasteiger partial charge in [0.15, 0.2) is 0 Å². The molecule has 0 bridgehead atoms. The first-order valence-corrected chi connectivity index (χ1v) is 8.14. The zero-order chi connectivity index (χ0) is 17.6. The van der Waals surface area contributed by atoms with E-state index in [4.69, 9.17) is 5.11 Å². The first-order valence-electron chi connectivity index (χ1n) is 6.99. The number of nitrogens with zero attached hydrogens (tertiary/aromatic N) is 2. The van der Waals surface area contributed by atoms with Gasteiger partial charge in [0, 0.05) is 20.1 Å². The maximum atomic E-state index is 12.0. The number of carbonyl (C=O) groups is 3. The molecule has 0 atom stereocenters. The van der Waals surface area contributed by atoms with Gasteiger partial charge >= 0.3 is 12.1 Å². The molecule has 1 saturated heterocycles. The van der Waals surface area contributed by atoms with E-state index in [0.717, 1.165) is 4.90 Å². The van der Waals surface area contributed by atoms with Crippen molar-refractivity contribution in [2.45, 2.75) is 19.0 Å². The Morgan fingerprint density at radius 1 is 1.26 bits per heavy atom. The third-order valence-electron chi connectivity index (χ3n) is 3.49. The van der Waals surface area contributed by atoms with Crippen molar-refractivity contribution in [2.24, 2.45) is 5.92 Å². The van der Waals surface area contributed by atoms with Gasteiger partial charge in [-0.05, 0) is 12.8 Å². The number of alkyl halides is 3. The Morgan fingerprint density at radius 2 is 1.83 bits per heavy atom. The number of carboxylic acids is 1. The van der Waals surface area contributed by atoms with Crippen LogP contribution >= 0.6 is 11.8 Å². The number of likely N-dealkylation sites (tertiary alicyclic amines) is 1. The maximum absolute atomic E-state index is 12.0. The molecule has 1 N–H and O–H groups in total. The maximum Gasteiger partial charge on any atom is 0.397 e. The smallest absolute Gasteiger partial charge is 0.397 e. The third kappa shape index (κ3) is 7.10. The second kappa shape index (κ2) is 8.42. The molecular weight excluding hydrogens is 337 g/mol. The summed E-state index contributed by atoms with van der Waals surface area (Å²) in [6.07, 6.45) is -3.60. The van der Waals surface area contributed by atoms with Gasteiger partial charge in [-0.1, -0.05) is 0 Å². The first-order chi connectivity index (χ1) is 10.6. The molecule has 0 unspecified atom stereocenters. The summed E-state index contributed by atoms with van der Waals surface area (Å²) in [4.78, 5) is 37.1. The van der Waals surface area contributed by atoms with Crippen LogP contribution in [-0.4, -0.2) is 77.1 Å². The van der Waals surface area contributed by atoms with Crippen LogP contribution in [0.4, 0.5) is 13.2 Å². The molecule has 0 radical (unpaired) electrons. The Balaban J connectivity index is 2.33. The number of hydrogen-bond acceptors (Lipinski definition) is 4. The van der Waals surface area contributed by atoms with Crippen LogP contribution in [0.3, 0.4) is 0 Å².